The van der Waals surface area contributed by atoms with E-state index in [2.05, 4.69) is 53.7 Å². The van der Waals surface area contributed by atoms with E-state index in [1.54, 1.807) is 0 Å². The minimum atomic E-state index is -5.81. The van der Waals surface area contributed by atoms with Crippen molar-refractivity contribution in [3.8, 4) is 0 Å². The first kappa shape index (κ1) is 113. The van der Waals surface area contributed by atoms with Gasteiger partial charge in [-0.15, -0.1) is 0 Å². The van der Waals surface area contributed by atoms with Crippen molar-refractivity contribution in [3.63, 3.8) is 0 Å². The molecule has 25 nitrogen and oxygen atoms in total. The van der Waals surface area contributed by atoms with Crippen LogP contribution in [0.4, 0.5) is 0 Å². The normalized spacial score (nSPS) is 25.0. The van der Waals surface area contributed by atoms with Crippen LogP contribution in [0.25, 0.3) is 0 Å². The molecule has 10 N–H and O–H groups in total. The maximum Gasteiger partial charge on any atom is 0.472 e. The maximum absolute atomic E-state index is 15.0. The summed E-state index contributed by atoms with van der Waals surface area (Å²) in [5.41, 5.74) is 0. The zero-order valence-electron chi connectivity index (χ0n) is 77.1. The van der Waals surface area contributed by atoms with Crippen molar-refractivity contribution in [1.29, 1.82) is 0 Å². The molecule has 26 heteroatoms. The molecule has 0 aromatic rings. The molecule has 0 aromatic heterocycles. The Labute approximate surface area is 737 Å². The Morgan fingerprint density at radius 2 is 0.664 bits per heavy atom. The molecule has 2 aliphatic heterocycles. The molecule has 0 radical (unpaired) electrons. The Morgan fingerprint density at radius 1 is 0.344 bits per heavy atom. The predicted molar refractivity (Wildman–Crippen MR) is 476 cm³/mol. The molecule has 0 aromatic carbocycles. The number of phosphoric ester groups is 1. The molecule has 2 heterocycles. The Balaban J connectivity index is 1.91. The third-order valence-electron chi connectivity index (χ3n) is 24.8. The summed E-state index contributed by atoms with van der Waals surface area (Å²) in [4.78, 5) is 66.7. The summed E-state index contributed by atoms with van der Waals surface area (Å²) in [6, 6.07) is 0. The molecule has 0 spiro atoms. The second kappa shape index (κ2) is 72.9. The van der Waals surface area contributed by atoms with Crippen LogP contribution in [0.3, 0.4) is 0 Å². The Hall–Kier alpha value is -2.79. The van der Waals surface area contributed by atoms with Crippen molar-refractivity contribution in [2.75, 3.05) is 26.4 Å². The predicted octanol–water partition coefficient (Wildman–Crippen LogP) is 19.2. The van der Waals surface area contributed by atoms with Crippen LogP contribution in [0.15, 0.2) is 12.2 Å². The second-order valence-electron chi connectivity index (χ2n) is 36.2. The summed E-state index contributed by atoms with van der Waals surface area (Å²) >= 11 is 0. The molecule has 122 heavy (non-hydrogen) atoms. The fourth-order valence-electron chi connectivity index (χ4n) is 16.7. The third kappa shape index (κ3) is 52.8. The van der Waals surface area contributed by atoms with Gasteiger partial charge >= 0.3 is 31.7 Å². The van der Waals surface area contributed by atoms with Crippen molar-refractivity contribution >= 4 is 31.7 Å². The number of hydrogen-bond donors (Lipinski definition) is 10. The highest BCUT2D eigenvalue weighted by atomic mass is 31.2. The molecule has 2 saturated heterocycles. The molecule has 1 aliphatic carbocycles. The van der Waals surface area contributed by atoms with Crippen molar-refractivity contribution in [3.05, 3.63) is 12.2 Å². The van der Waals surface area contributed by atoms with Gasteiger partial charge in [0.15, 0.2) is 24.8 Å². The average molecular weight is 1760 g/mol. The van der Waals surface area contributed by atoms with Crippen LogP contribution in [0.5, 0.6) is 0 Å². The minimum Gasteiger partial charge on any atom is -0.463 e. The fraction of sp³-hybridized carbons (Fsp3) is 0.938. The van der Waals surface area contributed by atoms with E-state index in [9.17, 15) is 74.6 Å². The molecule has 3 fully saturated rings. The number of carbonyl (C=O) groups is 4. The summed E-state index contributed by atoms with van der Waals surface area (Å²) in [7, 11) is -5.81. The monoisotopic (exact) mass is 1760 g/mol. The van der Waals surface area contributed by atoms with Gasteiger partial charge in [-0.3, -0.25) is 28.2 Å². The number of aliphatic hydroxyl groups is 9. The standard InChI is InChI=1S/C96H179O25P/c1-7-11-15-19-23-25-27-29-31-33-34-36-38-40-50-59-67-80(99)113-73-78-84(103)86(105)90(109)96(117-78)120-93-91(118-82(101)69-61-53-45-43-49-57-65-75(6)63-55-47-22-18-14-10-4)87(106)88(107)92(119-95-89(108)85(104)83(102)77(70-97)116-95)94(93)121-122(110,111)114-72-76(115-81(100)68-60-52-41-39-37-35-32-30-28-26-24-20-16-12-8-2)71-112-79(98)66-58-51-44-42-48-56-64-74(5)62-54-46-21-17-13-9-3/h26,28,74-78,83-97,102-109H,7-25,27,29-73H2,1-6H3,(H,110,111)/b28-26-. The quantitative estimate of drug-likeness (QED) is 0.00889. The van der Waals surface area contributed by atoms with E-state index in [4.69, 9.17) is 46.9 Å². The third-order valence-corrected chi connectivity index (χ3v) is 25.8. The number of allylic oxidation sites excluding steroid dienone is 2. The van der Waals surface area contributed by atoms with E-state index in [1.165, 1.54) is 186 Å². The molecule has 3 aliphatic rings. The van der Waals surface area contributed by atoms with E-state index < -0.39 is 162 Å². The zero-order valence-corrected chi connectivity index (χ0v) is 78.0. The van der Waals surface area contributed by atoms with Crippen molar-refractivity contribution in [2.24, 2.45) is 11.8 Å². The number of ether oxygens (including phenoxy) is 8. The molecular formula is C96H179O25P. The first-order valence-electron chi connectivity index (χ1n) is 49.7. The lowest BCUT2D eigenvalue weighted by Gasteiger charge is -2.50. The van der Waals surface area contributed by atoms with Crippen LogP contribution < -0.4 is 0 Å². The molecule has 20 unspecified atom stereocenters. The van der Waals surface area contributed by atoms with Gasteiger partial charge in [-0.2, -0.15) is 0 Å². The SMILES string of the molecule is CCCCCC/C=C\CCCCCCCCCC(=O)OC(COC(=O)CCCCCCCCC(C)CCCCCCCC)COP(=O)(O)OC1C(OC2OC(CO)C(O)C(O)C2O)C(O)C(O)C(OC(=O)CCCCCCCCC(C)CCCCCCCC)C1OC1OC(COC(=O)CCCCCCCCCCCCCCCCCC)C(O)C(O)C1O. The molecule has 1 saturated carbocycles. The number of aliphatic hydroxyl groups excluding tert-OH is 9. The average Bonchev–Trinajstić information content (AvgIpc) is 0.753. The van der Waals surface area contributed by atoms with Gasteiger partial charge < -0.3 is 88.7 Å². The lowest BCUT2D eigenvalue weighted by Crippen LogP contribution is -2.70. The molecule has 20 atom stereocenters. The Bertz CT molecular complexity index is 2610. The number of rotatable bonds is 80. The van der Waals surface area contributed by atoms with Crippen LogP contribution in [0.1, 0.15) is 433 Å². The van der Waals surface area contributed by atoms with Crippen molar-refractivity contribution < 1.29 is 122 Å². The van der Waals surface area contributed by atoms with Crippen LogP contribution in [-0.2, 0) is 70.7 Å². The van der Waals surface area contributed by atoms with E-state index in [0.29, 0.717) is 50.4 Å². The van der Waals surface area contributed by atoms with Crippen LogP contribution in [0, 0.1) is 11.8 Å². The van der Waals surface area contributed by atoms with Gasteiger partial charge in [0.05, 0.1) is 13.2 Å². The van der Waals surface area contributed by atoms with Gasteiger partial charge in [0, 0.05) is 25.7 Å². The molecule has 0 amide bonds. The lowest BCUT2D eigenvalue weighted by molar-refractivity contribution is -0.360. The van der Waals surface area contributed by atoms with E-state index in [0.717, 1.165) is 141 Å². The summed E-state index contributed by atoms with van der Waals surface area (Å²) in [6.07, 6.45) is 30.4. The molecule has 718 valence electrons. The number of unbranched alkanes of at least 4 members (excludes halogenated alkanes) is 46. The number of phosphoric acid groups is 1. The highest BCUT2D eigenvalue weighted by Gasteiger charge is 2.60. The summed E-state index contributed by atoms with van der Waals surface area (Å²) < 4.78 is 73.7. The first-order valence-corrected chi connectivity index (χ1v) is 51.2. The summed E-state index contributed by atoms with van der Waals surface area (Å²) in [6.45, 7) is 10.3. The molecule has 3 rings (SSSR count). The molecule has 0 bridgehead atoms. The Morgan fingerprint density at radius 3 is 1.07 bits per heavy atom. The second-order valence-corrected chi connectivity index (χ2v) is 37.6. The van der Waals surface area contributed by atoms with E-state index in [-0.39, 0.29) is 25.7 Å². The van der Waals surface area contributed by atoms with Gasteiger partial charge in [0.25, 0.3) is 0 Å². The van der Waals surface area contributed by atoms with Crippen molar-refractivity contribution in [1.82, 2.24) is 0 Å². The number of hydrogen-bond acceptors (Lipinski definition) is 24. The van der Waals surface area contributed by atoms with Gasteiger partial charge in [0.2, 0.25) is 0 Å². The minimum absolute atomic E-state index is 0.0182. The van der Waals surface area contributed by atoms with Crippen molar-refractivity contribution in [2.45, 2.75) is 537 Å². The number of esters is 4. The highest BCUT2D eigenvalue weighted by Crippen LogP contribution is 2.49. The van der Waals surface area contributed by atoms with Gasteiger partial charge in [-0.05, 0) is 63.2 Å². The van der Waals surface area contributed by atoms with Crippen LogP contribution >= 0.6 is 7.82 Å². The fourth-order valence-corrected chi connectivity index (χ4v) is 17.7. The zero-order chi connectivity index (χ0) is 89.2. The number of carbonyl (C=O) groups excluding carboxylic acids is 4. The van der Waals surface area contributed by atoms with Crippen LogP contribution in [0.2, 0.25) is 0 Å². The largest absolute Gasteiger partial charge is 0.472 e. The smallest absolute Gasteiger partial charge is 0.463 e. The van der Waals surface area contributed by atoms with E-state index in [1.807, 2.05) is 0 Å². The Kier molecular flexibility index (Phi) is 67.8. The topological polar surface area (TPSA) is 380 Å². The molecular weight excluding hydrogens is 1580 g/mol. The highest BCUT2D eigenvalue weighted by molar-refractivity contribution is 7.47. The maximum atomic E-state index is 15.0. The first-order chi connectivity index (χ1) is 59.0. The van der Waals surface area contributed by atoms with Gasteiger partial charge in [0.1, 0.15) is 92.6 Å². The summed E-state index contributed by atoms with van der Waals surface area (Å²) in [5.74, 6) is -1.64. The van der Waals surface area contributed by atoms with Gasteiger partial charge in [-0.25, -0.2) is 4.57 Å². The van der Waals surface area contributed by atoms with Crippen LogP contribution in [-0.4, -0.2) is 205 Å². The van der Waals surface area contributed by atoms with Gasteiger partial charge in [-0.1, -0.05) is 368 Å². The lowest BCUT2D eigenvalue weighted by atomic mass is 9.84. The van der Waals surface area contributed by atoms with E-state index >= 15 is 0 Å². The summed E-state index contributed by atoms with van der Waals surface area (Å²) in [5, 5.41) is 103.